The zero-order valence-electron chi connectivity index (χ0n) is 12.8. The summed E-state index contributed by atoms with van der Waals surface area (Å²) in [6.07, 6.45) is 0.824. The summed E-state index contributed by atoms with van der Waals surface area (Å²) in [4.78, 5) is 16.9. The maximum Gasteiger partial charge on any atom is 0.325 e. The summed E-state index contributed by atoms with van der Waals surface area (Å²) in [5.74, 6) is -0.708. The zero-order chi connectivity index (χ0) is 18.0. The number of carbonyl (C=O) groups is 1. The molecule has 0 atom stereocenters. The smallest absolute Gasteiger partial charge is 0.325 e. The summed E-state index contributed by atoms with van der Waals surface area (Å²) in [5, 5.41) is 3.47. The highest BCUT2D eigenvalue weighted by molar-refractivity contribution is 9.10. The molecule has 0 unspecified atom stereocenters. The summed E-state index contributed by atoms with van der Waals surface area (Å²) in [6, 6.07) is 13.3. The lowest BCUT2D eigenvalue weighted by Gasteiger charge is -2.01. The van der Waals surface area contributed by atoms with E-state index in [2.05, 4.69) is 30.4 Å². The van der Waals surface area contributed by atoms with Crippen molar-refractivity contribution in [1.82, 2.24) is 4.98 Å². The van der Waals surface area contributed by atoms with Crippen LogP contribution in [0, 0.1) is 0 Å². The predicted octanol–water partition coefficient (Wildman–Crippen LogP) is 3.15. The first kappa shape index (κ1) is 17.3. The van der Waals surface area contributed by atoms with Crippen molar-refractivity contribution < 1.29 is 21.9 Å². The van der Waals surface area contributed by atoms with Crippen LogP contribution in [-0.2, 0) is 14.4 Å². The molecule has 0 aliphatic heterocycles. The molecule has 128 valence electrons. The molecule has 9 heteroatoms. The number of aromatic nitrogens is 1. The molecular formula is C16H11BrN2O5S. The van der Waals surface area contributed by atoms with Crippen LogP contribution in [0.15, 0.2) is 62.6 Å². The molecule has 0 radical (unpaired) electrons. The number of hydrogen-bond donors (Lipinski definition) is 0. The Morgan fingerprint density at radius 3 is 2.60 bits per heavy atom. The number of Topliss-reactive ketones (excluding diaryl/α,β-unsaturated/α-hetero) is 1. The predicted molar refractivity (Wildman–Crippen MR) is 94.9 cm³/mol. The van der Waals surface area contributed by atoms with Crippen molar-refractivity contribution in [2.24, 2.45) is 5.16 Å². The van der Waals surface area contributed by atoms with E-state index in [0.717, 1.165) is 10.7 Å². The second-order valence-electron chi connectivity index (χ2n) is 5.04. The van der Waals surface area contributed by atoms with E-state index < -0.39 is 15.9 Å². The third kappa shape index (κ3) is 4.12. The van der Waals surface area contributed by atoms with Gasteiger partial charge in [-0.05, 0) is 18.2 Å². The lowest BCUT2D eigenvalue weighted by molar-refractivity contribution is 0.106. The molecular weight excluding hydrogens is 412 g/mol. The van der Waals surface area contributed by atoms with Crippen LogP contribution in [-0.4, -0.2) is 31.2 Å². The molecule has 0 spiro atoms. The van der Waals surface area contributed by atoms with Gasteiger partial charge in [-0.15, -0.1) is 0 Å². The molecule has 0 saturated heterocycles. The molecule has 0 saturated carbocycles. The monoisotopic (exact) mass is 422 g/mol. The largest absolute Gasteiger partial charge is 0.434 e. The van der Waals surface area contributed by atoms with E-state index in [4.69, 9.17) is 4.42 Å². The molecule has 0 aliphatic carbocycles. The van der Waals surface area contributed by atoms with Crippen molar-refractivity contribution in [1.29, 1.82) is 0 Å². The average Bonchev–Trinajstić information content (AvgIpc) is 2.97. The first-order valence-corrected chi connectivity index (χ1v) is 9.57. The van der Waals surface area contributed by atoms with Crippen molar-refractivity contribution in [3.05, 3.63) is 64.5 Å². The topological polar surface area (TPSA) is 98.8 Å². The number of nitrogens with zero attached hydrogens (tertiary/aromatic N) is 2. The third-order valence-corrected chi connectivity index (χ3v) is 3.91. The highest BCUT2D eigenvalue weighted by atomic mass is 79.9. The minimum absolute atomic E-state index is 0.134. The van der Waals surface area contributed by atoms with Gasteiger partial charge in [0.2, 0.25) is 11.5 Å². The van der Waals surface area contributed by atoms with Crippen LogP contribution in [0.3, 0.4) is 0 Å². The Morgan fingerprint density at radius 2 is 1.92 bits per heavy atom. The van der Waals surface area contributed by atoms with Crippen LogP contribution in [0.25, 0.3) is 11.1 Å². The summed E-state index contributed by atoms with van der Waals surface area (Å²) >= 11 is 3.32. The summed E-state index contributed by atoms with van der Waals surface area (Å²) < 4.78 is 33.2. The Kier molecular flexibility index (Phi) is 4.69. The van der Waals surface area contributed by atoms with E-state index in [0.29, 0.717) is 16.7 Å². The van der Waals surface area contributed by atoms with Crippen LogP contribution in [0.4, 0.5) is 0 Å². The van der Waals surface area contributed by atoms with Gasteiger partial charge >= 0.3 is 10.1 Å². The van der Waals surface area contributed by atoms with Gasteiger partial charge in [-0.3, -0.25) is 9.08 Å². The van der Waals surface area contributed by atoms with E-state index in [1.165, 1.54) is 0 Å². The van der Waals surface area contributed by atoms with Crippen LogP contribution >= 0.6 is 15.9 Å². The second kappa shape index (κ2) is 6.77. The zero-order valence-corrected chi connectivity index (χ0v) is 15.2. The number of carbonyl (C=O) groups excluding carboxylic acids is 1. The molecule has 0 amide bonds. The number of halogens is 1. The summed E-state index contributed by atoms with van der Waals surface area (Å²) in [5.41, 5.74) is 0.856. The van der Waals surface area contributed by atoms with Gasteiger partial charge < -0.3 is 4.42 Å². The molecule has 3 rings (SSSR count). The fraction of sp³-hybridized carbons (Fsp3) is 0.0625. The van der Waals surface area contributed by atoms with Crippen molar-refractivity contribution in [3.8, 4) is 0 Å². The molecule has 0 N–H and O–H groups in total. The molecule has 7 nitrogen and oxygen atoms in total. The van der Waals surface area contributed by atoms with E-state index >= 15 is 0 Å². The van der Waals surface area contributed by atoms with Crippen LogP contribution in [0.2, 0.25) is 0 Å². The number of rotatable bonds is 5. The SMILES string of the molecule is CS(=O)(=O)O/N=C(\C(=O)c1ccccc1)c1nc2cc(Br)ccc2o1. The molecule has 0 aliphatic rings. The van der Waals surface area contributed by atoms with Crippen LogP contribution < -0.4 is 0 Å². The number of fused-ring (bicyclic) bond motifs is 1. The van der Waals surface area contributed by atoms with Gasteiger partial charge in [-0.2, -0.15) is 8.42 Å². The minimum Gasteiger partial charge on any atom is -0.434 e. The highest BCUT2D eigenvalue weighted by Crippen LogP contribution is 2.21. The third-order valence-electron chi connectivity index (χ3n) is 3.07. The fourth-order valence-corrected chi connectivity index (χ4v) is 2.57. The Bertz CT molecular complexity index is 1070. The lowest BCUT2D eigenvalue weighted by atomic mass is 10.1. The van der Waals surface area contributed by atoms with Gasteiger partial charge in [0.25, 0.3) is 5.89 Å². The van der Waals surface area contributed by atoms with Gasteiger partial charge in [0.15, 0.2) is 5.58 Å². The van der Waals surface area contributed by atoms with Crippen molar-refractivity contribution >= 4 is 48.6 Å². The lowest BCUT2D eigenvalue weighted by Crippen LogP contribution is -2.17. The van der Waals surface area contributed by atoms with Crippen molar-refractivity contribution in [2.45, 2.75) is 0 Å². The first-order valence-electron chi connectivity index (χ1n) is 6.96. The van der Waals surface area contributed by atoms with Gasteiger partial charge in [0.05, 0.1) is 6.26 Å². The molecule has 25 heavy (non-hydrogen) atoms. The Hall–Kier alpha value is -2.52. The van der Waals surface area contributed by atoms with E-state index in [1.54, 1.807) is 48.5 Å². The van der Waals surface area contributed by atoms with Crippen molar-refractivity contribution in [3.63, 3.8) is 0 Å². The molecule has 0 bridgehead atoms. The molecule has 1 aromatic heterocycles. The quantitative estimate of drug-likeness (QED) is 0.355. The van der Waals surface area contributed by atoms with Gasteiger partial charge in [-0.1, -0.05) is 51.4 Å². The number of oxazole rings is 1. The minimum atomic E-state index is -3.90. The molecule has 2 aromatic carbocycles. The summed E-state index contributed by atoms with van der Waals surface area (Å²) in [7, 11) is -3.90. The van der Waals surface area contributed by atoms with Gasteiger partial charge in [0.1, 0.15) is 5.52 Å². The fourth-order valence-electron chi connectivity index (χ4n) is 2.01. The summed E-state index contributed by atoms with van der Waals surface area (Å²) in [6.45, 7) is 0. The maximum absolute atomic E-state index is 12.7. The molecule has 1 heterocycles. The average molecular weight is 423 g/mol. The van der Waals surface area contributed by atoms with E-state index in [1.807, 2.05) is 0 Å². The van der Waals surface area contributed by atoms with Gasteiger partial charge in [-0.25, -0.2) is 4.98 Å². The van der Waals surface area contributed by atoms with Crippen LogP contribution in [0.5, 0.6) is 0 Å². The first-order chi connectivity index (χ1) is 11.8. The number of benzene rings is 2. The van der Waals surface area contributed by atoms with E-state index in [9.17, 15) is 13.2 Å². The number of hydrogen-bond acceptors (Lipinski definition) is 7. The van der Waals surface area contributed by atoms with Gasteiger partial charge in [0, 0.05) is 10.0 Å². The second-order valence-corrected chi connectivity index (χ2v) is 7.52. The highest BCUT2D eigenvalue weighted by Gasteiger charge is 2.24. The maximum atomic E-state index is 12.7. The Balaban J connectivity index is 2.11. The van der Waals surface area contributed by atoms with Crippen molar-refractivity contribution in [2.75, 3.05) is 6.26 Å². The van der Waals surface area contributed by atoms with E-state index in [-0.39, 0.29) is 11.6 Å². The Labute approximate surface area is 151 Å². The Morgan fingerprint density at radius 1 is 1.20 bits per heavy atom. The number of oxime groups is 1. The molecule has 3 aromatic rings. The molecule has 0 fully saturated rings. The van der Waals surface area contributed by atoms with Crippen LogP contribution in [0.1, 0.15) is 16.2 Å². The number of ketones is 1. The standard InChI is InChI=1S/C16H11BrN2O5S/c1-25(21,22)24-19-14(15(20)10-5-3-2-4-6-10)16-18-12-9-11(17)7-8-13(12)23-16/h2-9H,1H3/b19-14+. The normalized spacial score (nSPS) is 12.3.